The zero-order valence-electron chi connectivity index (χ0n) is 18.6. The molecule has 3 atom stereocenters. The molecule has 3 unspecified atom stereocenters. The summed E-state index contributed by atoms with van der Waals surface area (Å²) in [6.45, 7) is 7.04. The van der Waals surface area contributed by atoms with Crippen LogP contribution in [0.25, 0.3) is 0 Å². The predicted octanol–water partition coefficient (Wildman–Crippen LogP) is 4.13. The molecule has 31 heavy (non-hydrogen) atoms. The first kappa shape index (κ1) is 23.3. The maximum Gasteiger partial charge on any atom is 0.339 e. The van der Waals surface area contributed by atoms with Gasteiger partial charge in [-0.05, 0) is 58.1 Å². The van der Waals surface area contributed by atoms with Gasteiger partial charge in [0.25, 0.3) is 0 Å². The minimum Gasteiger partial charge on any atom is -0.465 e. The first-order valence-corrected chi connectivity index (χ1v) is 11.0. The summed E-state index contributed by atoms with van der Waals surface area (Å²) >= 11 is 0. The number of terminal acetylenes is 1. The van der Waals surface area contributed by atoms with Gasteiger partial charge < -0.3 is 18.9 Å². The van der Waals surface area contributed by atoms with Gasteiger partial charge in [0, 0.05) is 5.92 Å². The smallest absolute Gasteiger partial charge is 0.339 e. The van der Waals surface area contributed by atoms with Gasteiger partial charge in [-0.15, -0.1) is 6.42 Å². The molecule has 6 heteroatoms. The Kier molecular flexibility index (Phi) is 7.08. The number of carbonyl (C=O) groups is 2. The first-order valence-electron chi connectivity index (χ1n) is 11.0. The lowest BCUT2D eigenvalue weighted by molar-refractivity contribution is -0.185. The molecule has 0 aromatic heterocycles. The van der Waals surface area contributed by atoms with Crippen LogP contribution in [0.3, 0.4) is 0 Å². The van der Waals surface area contributed by atoms with Gasteiger partial charge in [-0.2, -0.15) is 0 Å². The van der Waals surface area contributed by atoms with E-state index in [2.05, 4.69) is 5.92 Å². The van der Waals surface area contributed by atoms with E-state index in [0.29, 0.717) is 50.9 Å². The molecule has 1 heterocycles. The SMILES string of the molecule is C#CC1(OC(=O)c2ccccc2)CCCC1(CCC(C)C1(C)OCCO1)C(=O)OCC. The number of ether oxygens (including phenoxy) is 4. The molecular formula is C25H32O6. The Labute approximate surface area is 184 Å². The second-order valence-electron chi connectivity index (χ2n) is 8.54. The van der Waals surface area contributed by atoms with E-state index in [0.717, 1.165) is 0 Å². The molecule has 2 aliphatic rings. The molecule has 1 aliphatic heterocycles. The van der Waals surface area contributed by atoms with Crippen LogP contribution in [0.15, 0.2) is 30.3 Å². The fraction of sp³-hybridized carbons (Fsp3) is 0.600. The quantitative estimate of drug-likeness (QED) is 0.458. The van der Waals surface area contributed by atoms with Crippen LogP contribution in [0.2, 0.25) is 0 Å². The number of benzene rings is 1. The van der Waals surface area contributed by atoms with Crippen molar-refractivity contribution in [3.8, 4) is 12.3 Å². The molecular weight excluding hydrogens is 396 g/mol. The fourth-order valence-corrected chi connectivity index (χ4v) is 4.77. The Morgan fingerprint density at radius 1 is 1.19 bits per heavy atom. The van der Waals surface area contributed by atoms with Gasteiger partial charge in [-0.3, -0.25) is 4.79 Å². The monoisotopic (exact) mass is 428 g/mol. The maximum absolute atomic E-state index is 13.3. The third kappa shape index (κ3) is 4.35. The Morgan fingerprint density at radius 3 is 2.48 bits per heavy atom. The highest BCUT2D eigenvalue weighted by Crippen LogP contribution is 2.54. The first-order chi connectivity index (χ1) is 14.8. The largest absolute Gasteiger partial charge is 0.465 e. The fourth-order valence-electron chi connectivity index (χ4n) is 4.77. The summed E-state index contributed by atoms with van der Waals surface area (Å²) in [5.74, 6) is 1.08. The van der Waals surface area contributed by atoms with Gasteiger partial charge >= 0.3 is 11.9 Å². The van der Waals surface area contributed by atoms with Crippen molar-refractivity contribution in [3.63, 3.8) is 0 Å². The number of rotatable bonds is 8. The molecule has 0 bridgehead atoms. The topological polar surface area (TPSA) is 71.1 Å². The molecule has 1 aromatic rings. The zero-order valence-corrected chi connectivity index (χ0v) is 18.6. The Hall–Kier alpha value is -2.36. The van der Waals surface area contributed by atoms with Crippen molar-refractivity contribution in [1.82, 2.24) is 0 Å². The van der Waals surface area contributed by atoms with Crippen LogP contribution < -0.4 is 0 Å². The normalized spacial score (nSPS) is 27.9. The van der Waals surface area contributed by atoms with Crippen molar-refractivity contribution in [2.45, 2.75) is 64.3 Å². The molecule has 168 valence electrons. The minimum absolute atomic E-state index is 0.0159. The second kappa shape index (κ2) is 9.42. The van der Waals surface area contributed by atoms with E-state index < -0.39 is 28.7 Å². The molecule has 0 spiro atoms. The Bertz CT molecular complexity index is 822. The van der Waals surface area contributed by atoms with Crippen molar-refractivity contribution in [1.29, 1.82) is 0 Å². The molecule has 1 saturated heterocycles. The van der Waals surface area contributed by atoms with E-state index in [4.69, 9.17) is 25.4 Å². The van der Waals surface area contributed by atoms with Crippen LogP contribution in [-0.2, 0) is 23.7 Å². The number of carbonyl (C=O) groups excluding carboxylic acids is 2. The van der Waals surface area contributed by atoms with E-state index in [1.807, 2.05) is 19.9 Å². The summed E-state index contributed by atoms with van der Waals surface area (Å²) in [5.41, 5.74) is -2.06. The Morgan fingerprint density at radius 2 is 1.87 bits per heavy atom. The van der Waals surface area contributed by atoms with E-state index in [9.17, 15) is 9.59 Å². The van der Waals surface area contributed by atoms with Crippen molar-refractivity contribution in [3.05, 3.63) is 35.9 Å². The summed E-state index contributed by atoms with van der Waals surface area (Å²) < 4.78 is 23.0. The summed E-state index contributed by atoms with van der Waals surface area (Å²) in [6, 6.07) is 8.69. The van der Waals surface area contributed by atoms with E-state index in [1.165, 1.54) is 0 Å². The lowest BCUT2D eigenvalue weighted by atomic mass is 9.69. The van der Waals surface area contributed by atoms with Gasteiger partial charge in [0.15, 0.2) is 11.4 Å². The highest BCUT2D eigenvalue weighted by Gasteiger charge is 2.62. The molecule has 1 aliphatic carbocycles. The predicted molar refractivity (Wildman–Crippen MR) is 115 cm³/mol. The number of hydrogen-bond acceptors (Lipinski definition) is 6. The third-order valence-corrected chi connectivity index (χ3v) is 6.84. The average molecular weight is 429 g/mol. The summed E-state index contributed by atoms with van der Waals surface area (Å²) in [7, 11) is 0. The number of hydrogen-bond donors (Lipinski definition) is 0. The van der Waals surface area contributed by atoms with Crippen molar-refractivity contribution < 1.29 is 28.5 Å². The van der Waals surface area contributed by atoms with Gasteiger partial charge in [-0.1, -0.05) is 31.0 Å². The molecule has 1 saturated carbocycles. The number of esters is 2. The molecule has 2 fully saturated rings. The van der Waals surface area contributed by atoms with Gasteiger partial charge in [-0.25, -0.2) is 4.79 Å². The summed E-state index contributed by atoms with van der Waals surface area (Å²) in [4.78, 5) is 26.2. The lowest BCUT2D eigenvalue weighted by Crippen LogP contribution is -2.52. The van der Waals surface area contributed by atoms with E-state index in [-0.39, 0.29) is 12.5 Å². The third-order valence-electron chi connectivity index (χ3n) is 6.84. The summed E-state index contributed by atoms with van der Waals surface area (Å²) in [6.07, 6.45) is 8.60. The maximum atomic E-state index is 13.3. The minimum atomic E-state index is -1.36. The van der Waals surface area contributed by atoms with Crippen molar-refractivity contribution in [2.24, 2.45) is 11.3 Å². The summed E-state index contributed by atoms with van der Waals surface area (Å²) in [5, 5.41) is 0. The van der Waals surface area contributed by atoms with Crippen molar-refractivity contribution >= 4 is 11.9 Å². The highest BCUT2D eigenvalue weighted by molar-refractivity contribution is 5.91. The molecule has 3 rings (SSSR count). The standard InChI is InChI=1S/C25H32O6/c1-5-25(31-21(26)20-11-8-7-9-12-20)15-10-14-24(25,22(27)28-6-2)16-13-19(3)23(4)29-17-18-30-23/h1,7-9,11-12,19H,6,10,13-18H2,2-4H3. The van der Waals surface area contributed by atoms with E-state index in [1.54, 1.807) is 31.2 Å². The van der Waals surface area contributed by atoms with Crippen LogP contribution in [-0.4, -0.2) is 43.1 Å². The highest BCUT2D eigenvalue weighted by atomic mass is 16.7. The van der Waals surface area contributed by atoms with Crippen LogP contribution in [0, 0.1) is 23.7 Å². The van der Waals surface area contributed by atoms with E-state index >= 15 is 0 Å². The van der Waals surface area contributed by atoms with Gasteiger partial charge in [0.2, 0.25) is 0 Å². The average Bonchev–Trinajstić information content (AvgIpc) is 3.38. The van der Waals surface area contributed by atoms with Crippen molar-refractivity contribution in [2.75, 3.05) is 19.8 Å². The molecule has 1 aromatic carbocycles. The molecule has 0 radical (unpaired) electrons. The lowest BCUT2D eigenvalue weighted by Gasteiger charge is -2.41. The molecule has 0 N–H and O–H groups in total. The Balaban J connectivity index is 1.89. The zero-order chi connectivity index (χ0) is 22.5. The van der Waals surface area contributed by atoms with Gasteiger partial charge in [0.05, 0.1) is 25.4 Å². The molecule has 0 amide bonds. The second-order valence-corrected chi connectivity index (χ2v) is 8.54. The van der Waals surface area contributed by atoms with Crippen LogP contribution in [0.1, 0.15) is 63.2 Å². The van der Waals surface area contributed by atoms with Crippen LogP contribution in [0.4, 0.5) is 0 Å². The van der Waals surface area contributed by atoms with Crippen LogP contribution in [0.5, 0.6) is 0 Å². The molecule has 6 nitrogen and oxygen atoms in total. The van der Waals surface area contributed by atoms with Crippen LogP contribution >= 0.6 is 0 Å². The van der Waals surface area contributed by atoms with Gasteiger partial charge in [0.1, 0.15) is 5.41 Å².